The highest BCUT2D eigenvalue weighted by atomic mass is 19.4. The zero-order chi connectivity index (χ0) is 32.6. The second-order valence-corrected chi connectivity index (χ2v) is 11.9. The quantitative estimate of drug-likeness (QED) is 0.315. The zero-order valence-corrected chi connectivity index (χ0v) is 24.2. The number of ether oxygens (including phenoxy) is 1. The van der Waals surface area contributed by atoms with Crippen LogP contribution in [0.3, 0.4) is 0 Å². The molecule has 13 heteroatoms. The summed E-state index contributed by atoms with van der Waals surface area (Å²) >= 11 is 0. The zero-order valence-electron chi connectivity index (χ0n) is 24.2. The fourth-order valence-electron chi connectivity index (χ4n) is 6.91. The molecule has 2 aromatic carbocycles. The highest BCUT2D eigenvalue weighted by molar-refractivity contribution is 6.24. The van der Waals surface area contributed by atoms with Crippen molar-refractivity contribution in [2.24, 2.45) is 17.6 Å². The van der Waals surface area contributed by atoms with Crippen LogP contribution >= 0.6 is 0 Å². The molecule has 6 N–H and O–H groups in total. The van der Waals surface area contributed by atoms with Crippen molar-refractivity contribution in [1.82, 2.24) is 4.90 Å². The number of primary amides is 1. The number of ketones is 2. The predicted molar refractivity (Wildman–Crippen MR) is 150 cm³/mol. The molecule has 4 atom stereocenters. The molecule has 44 heavy (non-hydrogen) atoms. The summed E-state index contributed by atoms with van der Waals surface area (Å²) in [6.07, 6.45) is -4.83. The second kappa shape index (κ2) is 10.4. The van der Waals surface area contributed by atoms with Crippen LogP contribution in [0.2, 0.25) is 0 Å². The van der Waals surface area contributed by atoms with Gasteiger partial charge in [-0.3, -0.25) is 19.3 Å². The Morgan fingerprint density at radius 2 is 1.73 bits per heavy atom. The maximum Gasteiger partial charge on any atom is 0.573 e. The molecule has 0 unspecified atom stereocenters. The molecular weight excluding hydrogens is 585 g/mol. The molecule has 1 saturated carbocycles. The number of rotatable bonds is 5. The summed E-state index contributed by atoms with van der Waals surface area (Å²) in [7, 11) is 3.04. The van der Waals surface area contributed by atoms with Crippen molar-refractivity contribution >= 4 is 23.2 Å². The third-order valence-electron chi connectivity index (χ3n) is 8.78. The molecule has 234 valence electrons. The minimum absolute atomic E-state index is 0.0491. The van der Waals surface area contributed by atoms with E-state index in [1.54, 1.807) is 6.07 Å². The van der Waals surface area contributed by atoms with Gasteiger partial charge in [0.2, 0.25) is 5.78 Å². The lowest BCUT2D eigenvalue weighted by Gasteiger charge is -2.50. The number of hydrogen-bond acceptors (Lipinski definition) is 9. The van der Waals surface area contributed by atoms with E-state index in [2.05, 4.69) is 4.74 Å². The first-order chi connectivity index (χ1) is 20.4. The molecule has 0 spiro atoms. The highest BCUT2D eigenvalue weighted by Crippen LogP contribution is 2.54. The average molecular weight is 617 g/mol. The summed E-state index contributed by atoms with van der Waals surface area (Å²) in [6, 6.07) is 5.21. The van der Waals surface area contributed by atoms with E-state index in [1.807, 2.05) is 13.8 Å². The van der Waals surface area contributed by atoms with Crippen molar-refractivity contribution in [3.8, 4) is 22.6 Å². The van der Waals surface area contributed by atoms with Crippen LogP contribution in [0.1, 0.15) is 42.9 Å². The van der Waals surface area contributed by atoms with Gasteiger partial charge >= 0.3 is 6.36 Å². The smallest absolute Gasteiger partial charge is 0.508 e. The summed E-state index contributed by atoms with van der Waals surface area (Å²) in [5.74, 6) is -8.18. The first kappa shape index (κ1) is 31.1. The second-order valence-electron chi connectivity index (χ2n) is 11.9. The number of carbonyl (C=O) groups is 3. The van der Waals surface area contributed by atoms with Gasteiger partial charge in [0.05, 0.1) is 11.6 Å². The Bertz CT molecular complexity index is 1660. The predicted octanol–water partition coefficient (Wildman–Crippen LogP) is 3.65. The first-order valence-electron chi connectivity index (χ1n) is 13.8. The van der Waals surface area contributed by atoms with Crippen LogP contribution in [0.5, 0.6) is 11.5 Å². The summed E-state index contributed by atoms with van der Waals surface area (Å²) < 4.78 is 41.9. The van der Waals surface area contributed by atoms with Crippen molar-refractivity contribution in [2.75, 3.05) is 14.1 Å². The first-order valence-corrected chi connectivity index (χ1v) is 13.8. The number of halogens is 3. The third-order valence-corrected chi connectivity index (χ3v) is 8.78. The van der Waals surface area contributed by atoms with Gasteiger partial charge in [0.25, 0.3) is 5.91 Å². The van der Waals surface area contributed by atoms with Gasteiger partial charge < -0.3 is 30.9 Å². The lowest BCUT2D eigenvalue weighted by molar-refractivity contribution is -0.274. The number of carbonyl (C=O) groups excluding carboxylic acids is 3. The maximum absolute atomic E-state index is 14.1. The van der Waals surface area contributed by atoms with Crippen molar-refractivity contribution in [1.29, 1.82) is 0 Å². The molecular formula is C31H31F3N2O8. The van der Waals surface area contributed by atoms with Gasteiger partial charge in [-0.1, -0.05) is 26.0 Å². The highest BCUT2D eigenvalue weighted by Gasteiger charge is 2.64. The number of nitrogens with zero attached hydrogens (tertiary/aromatic N) is 1. The van der Waals surface area contributed by atoms with E-state index in [0.29, 0.717) is 16.7 Å². The molecule has 3 aliphatic carbocycles. The average Bonchev–Trinajstić information content (AvgIpc) is 2.90. The van der Waals surface area contributed by atoms with Crippen molar-refractivity contribution in [2.45, 2.75) is 50.6 Å². The monoisotopic (exact) mass is 616 g/mol. The van der Waals surface area contributed by atoms with Crippen molar-refractivity contribution < 1.29 is 52.7 Å². The molecule has 0 saturated heterocycles. The van der Waals surface area contributed by atoms with E-state index >= 15 is 0 Å². The fraction of sp³-hybridized carbons (Fsp3) is 0.387. The minimum Gasteiger partial charge on any atom is -0.508 e. The summed E-state index contributed by atoms with van der Waals surface area (Å²) in [4.78, 5) is 40.9. The van der Waals surface area contributed by atoms with Crippen LogP contribution < -0.4 is 10.5 Å². The van der Waals surface area contributed by atoms with Gasteiger partial charge in [-0.05, 0) is 73.7 Å². The Morgan fingerprint density at radius 3 is 2.25 bits per heavy atom. The van der Waals surface area contributed by atoms with Gasteiger partial charge in [0.15, 0.2) is 11.4 Å². The molecule has 0 radical (unpaired) electrons. The Kier molecular flexibility index (Phi) is 7.33. The molecule has 0 aromatic heterocycles. The molecule has 10 nitrogen and oxygen atoms in total. The van der Waals surface area contributed by atoms with Gasteiger partial charge in [-0.2, -0.15) is 0 Å². The molecule has 1 amide bonds. The molecule has 1 fully saturated rings. The Labute approximate surface area is 249 Å². The standard InChI is InChI=1S/C31H31F3N2O8/c1-12(2)16-11-17(13-5-7-15(8-6-13)44-31(32,33)34)24(37)21-18(16)9-14-10-19-23(36(3)4)26(39)22(29(35)42)28(41)30(19,43)27(40)20(14)25(21)38/h5-8,11-12,14,19,23,37-38,41,43H,9-10H2,1-4H3,(H2,35,42)/t14-,19-,23-,30-/m0/s1. The van der Waals surface area contributed by atoms with Crippen LogP contribution in [0, 0.1) is 11.8 Å². The molecule has 3 aliphatic rings. The van der Waals surface area contributed by atoms with Gasteiger partial charge in [-0.15, -0.1) is 13.2 Å². The van der Waals surface area contributed by atoms with Gasteiger partial charge in [0.1, 0.15) is 28.6 Å². The largest absolute Gasteiger partial charge is 0.573 e. The van der Waals surface area contributed by atoms with E-state index < -0.39 is 75.9 Å². The summed E-state index contributed by atoms with van der Waals surface area (Å²) in [5, 5.41) is 45.9. The number of phenolic OH excluding ortho intramolecular Hbond substituents is 1. The number of fused-ring (bicyclic) bond motifs is 3. The summed E-state index contributed by atoms with van der Waals surface area (Å²) in [5.41, 5.74) is 2.94. The molecule has 0 heterocycles. The molecule has 0 bridgehead atoms. The lowest BCUT2D eigenvalue weighted by atomic mass is 9.57. The summed E-state index contributed by atoms with van der Waals surface area (Å²) in [6.45, 7) is 3.74. The third kappa shape index (κ3) is 4.61. The van der Waals surface area contributed by atoms with E-state index in [-0.39, 0.29) is 35.5 Å². The number of nitrogens with two attached hydrogens (primary N) is 1. The SMILES string of the molecule is CC(C)c1cc(-c2ccc(OC(F)(F)F)cc2)c(O)c2c1C[C@H]1C[C@H]3[C@H](N(C)C)C(=O)C(C(N)=O)=C(O)[C@@]3(O)C(=O)C1=C2O. The number of Topliss-reactive ketones (excluding diaryl/α,β-unsaturated/α-hetero) is 2. The number of hydrogen-bond donors (Lipinski definition) is 5. The number of aromatic hydroxyl groups is 1. The Morgan fingerprint density at radius 1 is 1.11 bits per heavy atom. The van der Waals surface area contributed by atoms with E-state index in [9.17, 15) is 48.0 Å². The van der Waals surface area contributed by atoms with Crippen molar-refractivity contribution in [3.63, 3.8) is 0 Å². The Hall–Kier alpha value is -4.36. The number of aliphatic hydroxyl groups excluding tert-OH is 2. The van der Waals surface area contributed by atoms with Crippen molar-refractivity contribution in [3.05, 3.63) is 63.9 Å². The van der Waals surface area contributed by atoms with Crippen LogP contribution in [0.15, 0.2) is 47.2 Å². The molecule has 2 aromatic rings. The maximum atomic E-state index is 14.1. The number of likely N-dealkylation sites (N-methyl/N-ethyl adjacent to an activating group) is 1. The van der Waals surface area contributed by atoms with Crippen LogP contribution in [0.4, 0.5) is 13.2 Å². The van der Waals surface area contributed by atoms with Crippen LogP contribution in [-0.2, 0) is 20.8 Å². The Balaban J connectivity index is 1.71. The van der Waals surface area contributed by atoms with E-state index in [4.69, 9.17) is 5.73 Å². The fourth-order valence-corrected chi connectivity index (χ4v) is 6.91. The number of alkyl halides is 3. The van der Waals surface area contributed by atoms with Gasteiger partial charge in [-0.25, -0.2) is 0 Å². The lowest BCUT2D eigenvalue weighted by Crippen LogP contribution is -2.65. The molecule has 5 rings (SSSR count). The molecule has 0 aliphatic heterocycles. The van der Waals surface area contributed by atoms with E-state index in [0.717, 1.165) is 12.1 Å². The number of amides is 1. The number of benzene rings is 2. The topological polar surface area (TPSA) is 171 Å². The van der Waals surface area contributed by atoms with Crippen LogP contribution in [0.25, 0.3) is 16.9 Å². The minimum atomic E-state index is -4.90. The normalized spacial score (nSPS) is 25.3. The van der Waals surface area contributed by atoms with Gasteiger partial charge in [0, 0.05) is 17.1 Å². The number of phenols is 1. The van der Waals surface area contributed by atoms with E-state index in [1.165, 1.54) is 31.1 Å². The van der Waals surface area contributed by atoms with Crippen LogP contribution in [-0.4, -0.2) is 74.9 Å². The number of aliphatic hydroxyl groups is 3.